The Labute approximate surface area is 126 Å². The molecule has 0 fully saturated rings. The van der Waals surface area contributed by atoms with Crippen molar-refractivity contribution in [2.24, 2.45) is 0 Å². The largest absolute Gasteiger partial charge is 0.488 e. The smallest absolute Gasteiger partial charge is 0.339 e. The highest BCUT2D eigenvalue weighted by Gasteiger charge is 2.08. The van der Waals surface area contributed by atoms with Crippen LogP contribution in [0.1, 0.15) is 20.9 Å². The monoisotopic (exact) mass is 300 g/mol. The van der Waals surface area contributed by atoms with Gasteiger partial charge in [0.05, 0.1) is 0 Å². The molecule has 0 aliphatic heterocycles. The fourth-order valence-electron chi connectivity index (χ4n) is 2.24. The molecule has 0 saturated carbocycles. The van der Waals surface area contributed by atoms with Gasteiger partial charge in [0.15, 0.2) is 0 Å². The van der Waals surface area contributed by atoms with Crippen LogP contribution in [0, 0.1) is 20.8 Å². The third-order valence-corrected chi connectivity index (χ3v) is 4.58. The van der Waals surface area contributed by atoms with Gasteiger partial charge < -0.3 is 9.15 Å². The van der Waals surface area contributed by atoms with Crippen LogP contribution < -0.4 is 10.4 Å². The maximum absolute atomic E-state index is 11.7. The molecule has 3 nitrogen and oxygen atoms in total. The van der Waals surface area contributed by atoms with Crippen LogP contribution in [0.25, 0.3) is 11.0 Å². The van der Waals surface area contributed by atoms with E-state index in [4.69, 9.17) is 9.15 Å². The van der Waals surface area contributed by atoms with Crippen molar-refractivity contribution >= 4 is 22.3 Å². The minimum absolute atomic E-state index is 0.286. The normalized spacial score (nSPS) is 11.0. The summed E-state index contributed by atoms with van der Waals surface area (Å²) in [6.07, 6.45) is 0. The lowest BCUT2D eigenvalue weighted by atomic mass is 10.1. The van der Waals surface area contributed by atoms with Crippen LogP contribution in [0.4, 0.5) is 0 Å². The van der Waals surface area contributed by atoms with E-state index in [1.165, 1.54) is 9.75 Å². The fraction of sp³-hybridized carbons (Fsp3) is 0.235. The highest BCUT2D eigenvalue weighted by atomic mass is 32.1. The van der Waals surface area contributed by atoms with Gasteiger partial charge in [-0.2, -0.15) is 0 Å². The minimum atomic E-state index is -0.286. The van der Waals surface area contributed by atoms with Gasteiger partial charge in [0.2, 0.25) is 0 Å². The quantitative estimate of drug-likeness (QED) is 0.675. The summed E-state index contributed by atoms with van der Waals surface area (Å²) in [4.78, 5) is 14.2. The molecule has 3 rings (SSSR count). The molecule has 1 aromatic carbocycles. The molecule has 0 radical (unpaired) electrons. The van der Waals surface area contributed by atoms with Crippen LogP contribution in [0.2, 0.25) is 0 Å². The van der Waals surface area contributed by atoms with Gasteiger partial charge in [-0.15, -0.1) is 11.3 Å². The summed E-state index contributed by atoms with van der Waals surface area (Å²) in [7, 11) is 0. The maximum Gasteiger partial charge on any atom is 0.339 e. The van der Waals surface area contributed by atoms with E-state index in [0.717, 1.165) is 10.9 Å². The van der Waals surface area contributed by atoms with Crippen molar-refractivity contribution < 1.29 is 9.15 Å². The number of aryl methyl sites for hydroxylation is 2. The van der Waals surface area contributed by atoms with Crippen LogP contribution in [0.5, 0.6) is 5.75 Å². The van der Waals surface area contributed by atoms with E-state index in [-0.39, 0.29) is 5.63 Å². The lowest BCUT2D eigenvalue weighted by Gasteiger charge is -2.08. The molecular formula is C17H16O3S. The van der Waals surface area contributed by atoms with E-state index in [1.54, 1.807) is 24.3 Å². The Hall–Kier alpha value is -2.07. The zero-order valence-corrected chi connectivity index (χ0v) is 13.0. The standard InChI is InChI=1S/C17H16O3S/c1-10-4-6-14(21-10)9-19-13-5-7-15-11(2)12(3)17(18)20-16(15)8-13/h4-8H,9H2,1-3H3. The number of hydrogen-bond donors (Lipinski definition) is 0. The third kappa shape index (κ3) is 2.72. The summed E-state index contributed by atoms with van der Waals surface area (Å²) < 4.78 is 11.1. The Morgan fingerprint density at radius 3 is 2.62 bits per heavy atom. The second-order valence-electron chi connectivity index (χ2n) is 5.10. The number of benzene rings is 1. The number of ether oxygens (including phenoxy) is 1. The molecule has 0 aliphatic carbocycles. The highest BCUT2D eigenvalue weighted by molar-refractivity contribution is 7.11. The second-order valence-corrected chi connectivity index (χ2v) is 6.47. The van der Waals surface area contributed by atoms with Crippen molar-refractivity contribution in [3.8, 4) is 5.75 Å². The molecule has 2 aromatic heterocycles. The maximum atomic E-state index is 11.7. The first-order chi connectivity index (χ1) is 10.0. The molecule has 0 amide bonds. The van der Waals surface area contributed by atoms with Crippen molar-refractivity contribution in [1.29, 1.82) is 0 Å². The van der Waals surface area contributed by atoms with Gasteiger partial charge in [-0.1, -0.05) is 0 Å². The van der Waals surface area contributed by atoms with E-state index < -0.39 is 0 Å². The summed E-state index contributed by atoms with van der Waals surface area (Å²) in [5.74, 6) is 0.708. The van der Waals surface area contributed by atoms with Gasteiger partial charge in [0.1, 0.15) is 17.9 Å². The van der Waals surface area contributed by atoms with Crippen molar-refractivity contribution in [2.75, 3.05) is 0 Å². The minimum Gasteiger partial charge on any atom is -0.488 e. The summed E-state index contributed by atoms with van der Waals surface area (Å²) in [6, 6.07) is 9.78. The van der Waals surface area contributed by atoms with E-state index in [9.17, 15) is 4.79 Å². The van der Waals surface area contributed by atoms with Gasteiger partial charge in [-0.05, 0) is 50.6 Å². The van der Waals surface area contributed by atoms with Gasteiger partial charge in [-0.25, -0.2) is 4.79 Å². The summed E-state index contributed by atoms with van der Waals surface area (Å²) in [6.45, 7) is 6.32. The zero-order valence-electron chi connectivity index (χ0n) is 12.2. The van der Waals surface area contributed by atoms with Crippen LogP contribution in [0.15, 0.2) is 39.5 Å². The predicted molar refractivity (Wildman–Crippen MR) is 85.3 cm³/mol. The Morgan fingerprint density at radius 2 is 1.90 bits per heavy atom. The SMILES string of the molecule is Cc1ccc(COc2ccc3c(C)c(C)c(=O)oc3c2)s1. The van der Waals surface area contributed by atoms with Crippen molar-refractivity contribution in [1.82, 2.24) is 0 Å². The molecule has 0 atom stereocenters. The molecule has 0 unspecified atom stereocenters. The topological polar surface area (TPSA) is 39.4 Å². The number of fused-ring (bicyclic) bond motifs is 1. The van der Waals surface area contributed by atoms with Crippen LogP contribution >= 0.6 is 11.3 Å². The Balaban J connectivity index is 1.90. The van der Waals surface area contributed by atoms with Gasteiger partial charge in [0.25, 0.3) is 0 Å². The molecule has 0 aliphatic rings. The predicted octanol–water partition coefficient (Wildman–Crippen LogP) is 4.36. The third-order valence-electron chi connectivity index (χ3n) is 3.61. The average molecular weight is 300 g/mol. The molecule has 21 heavy (non-hydrogen) atoms. The molecule has 0 spiro atoms. The Morgan fingerprint density at radius 1 is 1.10 bits per heavy atom. The first-order valence-corrected chi connectivity index (χ1v) is 7.58. The molecule has 0 saturated heterocycles. The van der Waals surface area contributed by atoms with Crippen molar-refractivity contribution in [3.05, 3.63) is 61.6 Å². The summed E-state index contributed by atoms with van der Waals surface area (Å²) in [5, 5.41) is 0.950. The lowest BCUT2D eigenvalue weighted by Crippen LogP contribution is -2.05. The lowest BCUT2D eigenvalue weighted by molar-refractivity contribution is 0.309. The van der Waals surface area contributed by atoms with Gasteiger partial charge >= 0.3 is 5.63 Å². The van der Waals surface area contributed by atoms with E-state index in [2.05, 4.69) is 19.1 Å². The highest BCUT2D eigenvalue weighted by Crippen LogP contribution is 2.25. The summed E-state index contributed by atoms with van der Waals surface area (Å²) >= 11 is 1.72. The number of rotatable bonds is 3. The van der Waals surface area contributed by atoms with Crippen LogP contribution in [-0.2, 0) is 6.61 Å². The van der Waals surface area contributed by atoms with Gasteiger partial charge in [-0.3, -0.25) is 0 Å². The van der Waals surface area contributed by atoms with E-state index in [0.29, 0.717) is 23.5 Å². The van der Waals surface area contributed by atoms with Crippen molar-refractivity contribution in [3.63, 3.8) is 0 Å². The van der Waals surface area contributed by atoms with E-state index >= 15 is 0 Å². The van der Waals surface area contributed by atoms with E-state index in [1.807, 2.05) is 19.1 Å². The van der Waals surface area contributed by atoms with Crippen LogP contribution in [0.3, 0.4) is 0 Å². The Kier molecular flexibility index (Phi) is 3.55. The number of thiophene rings is 1. The summed E-state index contributed by atoms with van der Waals surface area (Å²) in [5.41, 5.74) is 1.90. The molecule has 108 valence electrons. The zero-order chi connectivity index (χ0) is 15.0. The second kappa shape index (κ2) is 5.37. The average Bonchev–Trinajstić information content (AvgIpc) is 2.88. The fourth-order valence-corrected chi connectivity index (χ4v) is 3.04. The van der Waals surface area contributed by atoms with Crippen LogP contribution in [-0.4, -0.2) is 0 Å². The van der Waals surface area contributed by atoms with Gasteiger partial charge in [0, 0.05) is 26.8 Å². The number of hydrogen-bond acceptors (Lipinski definition) is 4. The Bertz CT molecular complexity index is 858. The first kappa shape index (κ1) is 13.9. The molecule has 2 heterocycles. The molecule has 0 bridgehead atoms. The molecular weight excluding hydrogens is 284 g/mol. The first-order valence-electron chi connectivity index (χ1n) is 6.77. The molecule has 4 heteroatoms. The molecule has 3 aromatic rings. The molecule has 0 N–H and O–H groups in total. The van der Waals surface area contributed by atoms with Crippen molar-refractivity contribution in [2.45, 2.75) is 27.4 Å².